The fourth-order valence-corrected chi connectivity index (χ4v) is 3.64. The van der Waals surface area contributed by atoms with Crippen LogP contribution in [-0.2, 0) is 10.2 Å². The van der Waals surface area contributed by atoms with Gasteiger partial charge in [0.25, 0.3) is 17.8 Å². The number of para-hydroxylation sites is 1. The normalized spacial score (nSPS) is 14.7. The van der Waals surface area contributed by atoms with Crippen molar-refractivity contribution in [2.45, 2.75) is 33.1 Å². The Bertz CT molecular complexity index is 1240. The van der Waals surface area contributed by atoms with Gasteiger partial charge in [0.1, 0.15) is 5.82 Å². The molecule has 1 aromatic carbocycles. The number of benzene rings is 1. The highest BCUT2D eigenvalue weighted by atomic mass is 32.1. The Hall–Kier alpha value is -3.46. The molecule has 0 saturated carbocycles. The van der Waals surface area contributed by atoms with E-state index in [1.54, 1.807) is 13.0 Å². The van der Waals surface area contributed by atoms with Crippen LogP contribution in [0.4, 0.5) is 5.82 Å². The number of carbonyl (C=O) groups excluding carboxylic acids is 2. The first-order valence-electron chi connectivity index (χ1n) is 9.29. The summed E-state index contributed by atoms with van der Waals surface area (Å²) in [6, 6.07) is 9.31. The van der Waals surface area contributed by atoms with Crippen molar-refractivity contribution in [1.82, 2.24) is 14.8 Å². The Morgan fingerprint density at radius 3 is 2.60 bits per heavy atom. The third kappa shape index (κ3) is 3.59. The van der Waals surface area contributed by atoms with Crippen LogP contribution in [0.5, 0.6) is 0 Å². The van der Waals surface area contributed by atoms with Crippen molar-refractivity contribution in [2.24, 2.45) is 9.98 Å². The molecular formula is C21H20N6O2S. The Kier molecular flexibility index (Phi) is 4.70. The number of aliphatic imine (C=N–C) groups is 2. The molecule has 0 radical (unpaired) electrons. The van der Waals surface area contributed by atoms with Gasteiger partial charge in [0.15, 0.2) is 5.01 Å². The van der Waals surface area contributed by atoms with Crippen LogP contribution in [0.3, 0.4) is 0 Å². The molecule has 152 valence electrons. The average Bonchev–Trinajstić information content (AvgIpc) is 3.29. The summed E-state index contributed by atoms with van der Waals surface area (Å²) in [5.41, 5.74) is 1.89. The molecule has 0 atom stereocenters. The van der Waals surface area contributed by atoms with E-state index in [-0.39, 0.29) is 22.9 Å². The summed E-state index contributed by atoms with van der Waals surface area (Å²) in [5, 5.41) is 7.73. The molecule has 3 heterocycles. The number of hydrogen-bond acceptors (Lipinski definition) is 6. The van der Waals surface area contributed by atoms with Gasteiger partial charge in [-0.1, -0.05) is 39.5 Å². The zero-order valence-corrected chi connectivity index (χ0v) is 17.9. The first kappa shape index (κ1) is 19.8. The van der Waals surface area contributed by atoms with E-state index >= 15 is 0 Å². The third-order valence-electron chi connectivity index (χ3n) is 4.56. The van der Waals surface area contributed by atoms with E-state index in [1.807, 2.05) is 45.0 Å². The van der Waals surface area contributed by atoms with Crippen molar-refractivity contribution in [1.29, 1.82) is 0 Å². The molecule has 9 heteroatoms. The minimum Gasteiger partial charge on any atom is -0.304 e. The largest absolute Gasteiger partial charge is 0.304 e. The number of nitrogens with one attached hydrogen (secondary N) is 1. The summed E-state index contributed by atoms with van der Waals surface area (Å²) in [6.07, 6.45) is 0. The minimum atomic E-state index is -0.478. The summed E-state index contributed by atoms with van der Waals surface area (Å²) in [6.45, 7) is 11.4. The van der Waals surface area contributed by atoms with Gasteiger partial charge in [-0.2, -0.15) is 14.8 Å². The maximum atomic E-state index is 12.9. The van der Waals surface area contributed by atoms with Gasteiger partial charge in [-0.05, 0) is 19.1 Å². The van der Waals surface area contributed by atoms with Crippen molar-refractivity contribution in [2.75, 3.05) is 5.32 Å². The van der Waals surface area contributed by atoms with Crippen LogP contribution in [0.2, 0.25) is 0 Å². The number of anilines is 1. The van der Waals surface area contributed by atoms with Crippen LogP contribution in [-0.4, -0.2) is 38.3 Å². The smallest absolute Gasteiger partial charge is 0.285 e. The van der Waals surface area contributed by atoms with Crippen molar-refractivity contribution >= 4 is 50.9 Å². The summed E-state index contributed by atoms with van der Waals surface area (Å²) in [4.78, 5) is 37.8. The fourth-order valence-electron chi connectivity index (χ4n) is 2.78. The van der Waals surface area contributed by atoms with E-state index in [0.717, 1.165) is 15.9 Å². The number of aromatic nitrogens is 3. The molecule has 2 amide bonds. The van der Waals surface area contributed by atoms with Crippen molar-refractivity contribution < 1.29 is 9.59 Å². The summed E-state index contributed by atoms with van der Waals surface area (Å²) >= 11 is 1.30. The Balaban J connectivity index is 1.74. The summed E-state index contributed by atoms with van der Waals surface area (Å²) in [5.74, 6) is -0.404. The van der Waals surface area contributed by atoms with E-state index in [1.165, 1.54) is 16.0 Å². The average molecular weight is 420 g/mol. The second kappa shape index (κ2) is 7.10. The van der Waals surface area contributed by atoms with Gasteiger partial charge in [-0.25, -0.2) is 9.98 Å². The molecule has 2 aromatic heterocycles. The lowest BCUT2D eigenvalue weighted by molar-refractivity contribution is -0.113. The number of hydrogen-bond donors (Lipinski definition) is 1. The minimum absolute atomic E-state index is 0.0833. The number of thiazole rings is 1. The van der Waals surface area contributed by atoms with Gasteiger partial charge in [0.05, 0.1) is 27.2 Å². The Morgan fingerprint density at radius 2 is 1.93 bits per heavy atom. The zero-order chi connectivity index (χ0) is 21.6. The molecule has 4 rings (SSSR count). The predicted molar refractivity (Wildman–Crippen MR) is 119 cm³/mol. The van der Waals surface area contributed by atoms with Crippen LogP contribution in [0.15, 0.2) is 52.5 Å². The van der Waals surface area contributed by atoms with Crippen LogP contribution < -0.4 is 5.32 Å². The fraction of sp³-hybridized carbons (Fsp3) is 0.238. The highest BCUT2D eigenvalue weighted by Crippen LogP contribution is 2.26. The maximum absolute atomic E-state index is 12.9. The molecule has 30 heavy (non-hydrogen) atoms. The molecule has 0 bridgehead atoms. The van der Waals surface area contributed by atoms with Crippen molar-refractivity contribution in [3.63, 3.8) is 0 Å². The van der Waals surface area contributed by atoms with E-state index in [2.05, 4.69) is 32.0 Å². The number of rotatable bonds is 2. The Labute approximate surface area is 177 Å². The summed E-state index contributed by atoms with van der Waals surface area (Å²) < 4.78 is 2.30. The predicted octanol–water partition coefficient (Wildman–Crippen LogP) is 3.80. The van der Waals surface area contributed by atoms with Gasteiger partial charge in [-0.3, -0.25) is 9.59 Å². The second-order valence-electron chi connectivity index (χ2n) is 7.91. The van der Waals surface area contributed by atoms with Crippen LogP contribution in [0.25, 0.3) is 10.2 Å². The first-order valence-corrected chi connectivity index (χ1v) is 10.1. The highest BCUT2D eigenvalue weighted by Gasteiger charge is 2.26. The van der Waals surface area contributed by atoms with Gasteiger partial charge >= 0.3 is 0 Å². The van der Waals surface area contributed by atoms with Crippen LogP contribution >= 0.6 is 11.3 Å². The topological polar surface area (TPSA) is 102 Å². The molecule has 8 nitrogen and oxygen atoms in total. The molecular weight excluding hydrogens is 400 g/mol. The molecule has 3 aromatic rings. The van der Waals surface area contributed by atoms with Gasteiger partial charge in [0.2, 0.25) is 0 Å². The Morgan fingerprint density at radius 1 is 1.20 bits per heavy atom. The van der Waals surface area contributed by atoms with Crippen LogP contribution in [0.1, 0.15) is 43.2 Å². The van der Waals surface area contributed by atoms with E-state index in [4.69, 9.17) is 0 Å². The van der Waals surface area contributed by atoms with Crippen LogP contribution in [0, 0.1) is 0 Å². The maximum Gasteiger partial charge on any atom is 0.285 e. The van der Waals surface area contributed by atoms with Gasteiger partial charge < -0.3 is 5.32 Å². The molecule has 1 N–H and O–H groups in total. The number of carbonyl (C=O) groups is 2. The van der Waals surface area contributed by atoms with Gasteiger partial charge in [-0.15, -0.1) is 11.3 Å². The molecule has 0 fully saturated rings. The first-order chi connectivity index (χ1) is 14.1. The quantitative estimate of drug-likeness (QED) is 0.637. The van der Waals surface area contributed by atoms with Gasteiger partial charge in [0, 0.05) is 11.5 Å². The number of amides is 2. The highest BCUT2D eigenvalue weighted by molar-refractivity contribution is 7.20. The lowest BCUT2D eigenvalue weighted by atomic mass is 9.92. The molecule has 0 aliphatic carbocycles. The lowest BCUT2D eigenvalue weighted by Crippen LogP contribution is -2.25. The van der Waals surface area contributed by atoms with E-state index in [0.29, 0.717) is 16.5 Å². The standard InChI is InChI=1S/C21H20N6O2S/c1-11-12(2)22-20(25-17(11)28)27-16(10-15(26-27)21(3,4)5)24-18(29)19-23-13-8-6-7-9-14(13)30-19/h6-10H,1H2,2-5H3,(H,24,29). The van der Waals surface area contributed by atoms with Crippen molar-refractivity contribution in [3.05, 3.63) is 53.2 Å². The van der Waals surface area contributed by atoms with Crippen molar-refractivity contribution in [3.8, 4) is 0 Å². The monoisotopic (exact) mass is 420 g/mol. The SMILES string of the molecule is C=C1C(=O)N=C(n2nc(C(C)(C)C)cc2NC(=O)c2nc3ccccc3s2)N=C1C. The number of fused-ring (bicyclic) bond motifs is 1. The molecule has 1 aliphatic rings. The molecule has 0 spiro atoms. The second-order valence-corrected chi connectivity index (χ2v) is 8.94. The molecule has 1 aliphatic heterocycles. The molecule has 0 saturated heterocycles. The lowest BCUT2D eigenvalue weighted by Gasteiger charge is -2.14. The zero-order valence-electron chi connectivity index (χ0n) is 17.1. The molecule has 0 unspecified atom stereocenters. The van der Waals surface area contributed by atoms with E-state index < -0.39 is 5.91 Å². The van der Waals surface area contributed by atoms with E-state index in [9.17, 15) is 9.59 Å². The summed E-state index contributed by atoms with van der Waals surface area (Å²) in [7, 11) is 0. The third-order valence-corrected chi connectivity index (χ3v) is 5.60. The number of nitrogens with zero attached hydrogens (tertiary/aromatic N) is 5.